The second-order valence-electron chi connectivity index (χ2n) is 6.31. The average molecular weight is 263 g/mol. The van der Waals surface area contributed by atoms with Crippen LogP contribution in [0.2, 0.25) is 0 Å². The van der Waals surface area contributed by atoms with Crippen LogP contribution in [0.1, 0.15) is 37.6 Å². The van der Waals surface area contributed by atoms with E-state index in [1.807, 2.05) is 4.90 Å². The monoisotopic (exact) mass is 263 g/mol. The maximum Gasteiger partial charge on any atom is 0.254 e. The van der Waals surface area contributed by atoms with Crippen molar-refractivity contribution in [1.82, 2.24) is 4.90 Å². The summed E-state index contributed by atoms with van der Waals surface area (Å²) in [6.45, 7) is 8.08. The molecule has 1 aliphatic rings. The topological polar surface area (TPSA) is 60.8 Å². The smallest absolute Gasteiger partial charge is 0.254 e. The summed E-state index contributed by atoms with van der Waals surface area (Å²) < 4.78 is 0. The molecule has 0 bridgehead atoms. The average Bonchev–Trinajstić information content (AvgIpc) is 2.81. The van der Waals surface area contributed by atoms with Crippen molar-refractivity contribution >= 4 is 5.91 Å². The minimum Gasteiger partial charge on any atom is -0.504 e. The molecule has 1 aliphatic heterocycles. The number of nitrogens with zero attached hydrogens (tertiary/aromatic N) is 1. The molecular formula is C15H21NO3. The summed E-state index contributed by atoms with van der Waals surface area (Å²) in [6.07, 6.45) is 1.01. The van der Waals surface area contributed by atoms with Gasteiger partial charge in [-0.05, 0) is 36.0 Å². The molecule has 104 valence electrons. The predicted molar refractivity (Wildman–Crippen MR) is 73.2 cm³/mol. The number of hydrogen-bond acceptors (Lipinski definition) is 3. The first-order chi connectivity index (χ1) is 8.79. The van der Waals surface area contributed by atoms with Crippen molar-refractivity contribution in [2.45, 2.75) is 27.2 Å². The molecule has 19 heavy (non-hydrogen) atoms. The van der Waals surface area contributed by atoms with Gasteiger partial charge in [-0.3, -0.25) is 4.79 Å². The Morgan fingerprint density at radius 1 is 1.26 bits per heavy atom. The Morgan fingerprint density at radius 3 is 2.47 bits per heavy atom. The number of rotatable bonds is 1. The van der Waals surface area contributed by atoms with Gasteiger partial charge in [0.15, 0.2) is 11.5 Å². The Bertz CT molecular complexity index is 491. The summed E-state index contributed by atoms with van der Waals surface area (Å²) in [6, 6.07) is 4.21. The lowest BCUT2D eigenvalue weighted by Crippen LogP contribution is -2.31. The summed E-state index contributed by atoms with van der Waals surface area (Å²) in [4.78, 5) is 14.1. The number of hydrogen-bond donors (Lipinski definition) is 2. The van der Waals surface area contributed by atoms with Crippen LogP contribution in [-0.2, 0) is 0 Å². The quantitative estimate of drug-likeness (QED) is 0.766. The molecule has 0 aliphatic carbocycles. The van der Waals surface area contributed by atoms with Gasteiger partial charge in [-0.25, -0.2) is 0 Å². The largest absolute Gasteiger partial charge is 0.504 e. The van der Waals surface area contributed by atoms with Crippen LogP contribution in [0, 0.1) is 11.3 Å². The SMILES string of the molecule is CC(C)(C)C1CCN(C(=O)c2ccc(O)c(O)c2)C1. The number of amides is 1. The van der Waals surface area contributed by atoms with Crippen molar-refractivity contribution in [3.05, 3.63) is 23.8 Å². The number of benzene rings is 1. The number of phenols is 2. The van der Waals surface area contributed by atoms with E-state index >= 15 is 0 Å². The molecule has 4 nitrogen and oxygen atoms in total. The molecule has 2 N–H and O–H groups in total. The standard InChI is InChI=1S/C15H21NO3/c1-15(2,3)11-6-7-16(9-11)14(19)10-4-5-12(17)13(18)8-10/h4-5,8,11,17-18H,6-7,9H2,1-3H3. The van der Waals surface area contributed by atoms with Gasteiger partial charge in [0.05, 0.1) is 0 Å². The van der Waals surface area contributed by atoms with Gasteiger partial charge >= 0.3 is 0 Å². The van der Waals surface area contributed by atoms with E-state index in [0.29, 0.717) is 11.5 Å². The highest BCUT2D eigenvalue weighted by molar-refractivity contribution is 5.95. The maximum atomic E-state index is 12.3. The molecular weight excluding hydrogens is 242 g/mol. The molecule has 1 saturated heterocycles. The van der Waals surface area contributed by atoms with Crippen molar-refractivity contribution in [3.63, 3.8) is 0 Å². The Kier molecular flexibility index (Phi) is 3.43. The van der Waals surface area contributed by atoms with Crippen LogP contribution in [0.5, 0.6) is 11.5 Å². The molecule has 0 saturated carbocycles. The second kappa shape index (κ2) is 4.76. The fourth-order valence-corrected chi connectivity index (χ4v) is 2.49. The maximum absolute atomic E-state index is 12.3. The molecule has 1 heterocycles. The lowest BCUT2D eigenvalue weighted by Gasteiger charge is -2.27. The van der Waals surface area contributed by atoms with E-state index < -0.39 is 0 Å². The minimum absolute atomic E-state index is 0.0814. The van der Waals surface area contributed by atoms with Crippen molar-refractivity contribution in [2.75, 3.05) is 13.1 Å². The van der Waals surface area contributed by atoms with Crippen molar-refractivity contribution in [1.29, 1.82) is 0 Å². The first kappa shape index (κ1) is 13.7. The van der Waals surface area contributed by atoms with Crippen molar-refractivity contribution in [2.24, 2.45) is 11.3 Å². The van der Waals surface area contributed by atoms with Gasteiger partial charge in [-0.15, -0.1) is 0 Å². The normalized spacial score (nSPS) is 19.7. The molecule has 0 radical (unpaired) electrons. The highest BCUT2D eigenvalue weighted by Gasteiger charge is 2.34. The van der Waals surface area contributed by atoms with Crippen LogP contribution in [0.3, 0.4) is 0 Å². The molecule has 1 aromatic rings. The van der Waals surface area contributed by atoms with Gasteiger partial charge in [0.1, 0.15) is 0 Å². The number of carbonyl (C=O) groups excluding carboxylic acids is 1. The molecule has 1 amide bonds. The van der Waals surface area contributed by atoms with Crippen LogP contribution in [0.15, 0.2) is 18.2 Å². The number of phenolic OH excluding ortho intramolecular Hbond substituents is 2. The van der Waals surface area contributed by atoms with E-state index in [1.54, 1.807) is 6.07 Å². The van der Waals surface area contributed by atoms with E-state index in [0.717, 1.165) is 19.5 Å². The Hall–Kier alpha value is -1.71. The van der Waals surface area contributed by atoms with Gasteiger partial charge in [0, 0.05) is 18.7 Å². The molecule has 1 fully saturated rings. The lowest BCUT2D eigenvalue weighted by molar-refractivity contribution is 0.0776. The molecule has 2 rings (SSSR count). The zero-order valence-corrected chi connectivity index (χ0v) is 11.7. The lowest BCUT2D eigenvalue weighted by atomic mass is 9.80. The van der Waals surface area contributed by atoms with E-state index in [4.69, 9.17) is 0 Å². The van der Waals surface area contributed by atoms with Crippen LogP contribution in [-0.4, -0.2) is 34.1 Å². The summed E-state index contributed by atoms with van der Waals surface area (Å²) in [5.74, 6) is -0.0350. The van der Waals surface area contributed by atoms with Crippen molar-refractivity contribution < 1.29 is 15.0 Å². The molecule has 1 unspecified atom stereocenters. The third kappa shape index (κ3) is 2.83. The molecule has 4 heteroatoms. The van der Waals surface area contributed by atoms with Crippen LogP contribution >= 0.6 is 0 Å². The first-order valence-electron chi connectivity index (χ1n) is 6.60. The zero-order chi connectivity index (χ0) is 14.2. The zero-order valence-electron chi connectivity index (χ0n) is 11.7. The summed E-state index contributed by atoms with van der Waals surface area (Å²) in [5, 5.41) is 18.7. The number of likely N-dealkylation sites (tertiary alicyclic amines) is 1. The molecule has 0 aromatic heterocycles. The highest BCUT2D eigenvalue weighted by atomic mass is 16.3. The highest BCUT2D eigenvalue weighted by Crippen LogP contribution is 2.34. The first-order valence-corrected chi connectivity index (χ1v) is 6.60. The second-order valence-corrected chi connectivity index (χ2v) is 6.31. The van der Waals surface area contributed by atoms with E-state index in [1.165, 1.54) is 12.1 Å². The Balaban J connectivity index is 2.11. The summed E-state index contributed by atoms with van der Waals surface area (Å²) in [5.41, 5.74) is 0.622. The van der Waals surface area contributed by atoms with E-state index in [-0.39, 0.29) is 22.8 Å². The predicted octanol–water partition coefficient (Wildman–Crippen LogP) is 2.61. The molecule has 1 atom stereocenters. The number of carbonyl (C=O) groups is 1. The van der Waals surface area contributed by atoms with Gasteiger partial charge in [-0.1, -0.05) is 20.8 Å². The number of aromatic hydroxyl groups is 2. The Labute approximate surface area is 113 Å². The minimum atomic E-state index is -0.252. The molecule has 1 aromatic carbocycles. The van der Waals surface area contributed by atoms with E-state index in [9.17, 15) is 15.0 Å². The van der Waals surface area contributed by atoms with Gasteiger partial charge in [-0.2, -0.15) is 0 Å². The Morgan fingerprint density at radius 2 is 1.95 bits per heavy atom. The molecule has 0 spiro atoms. The van der Waals surface area contributed by atoms with Gasteiger partial charge < -0.3 is 15.1 Å². The van der Waals surface area contributed by atoms with Crippen LogP contribution < -0.4 is 0 Å². The van der Waals surface area contributed by atoms with Gasteiger partial charge in [0.25, 0.3) is 5.91 Å². The van der Waals surface area contributed by atoms with Crippen LogP contribution in [0.25, 0.3) is 0 Å². The fourth-order valence-electron chi connectivity index (χ4n) is 2.49. The van der Waals surface area contributed by atoms with Crippen LogP contribution in [0.4, 0.5) is 0 Å². The van der Waals surface area contributed by atoms with Gasteiger partial charge in [0.2, 0.25) is 0 Å². The van der Waals surface area contributed by atoms with E-state index in [2.05, 4.69) is 20.8 Å². The summed E-state index contributed by atoms with van der Waals surface area (Å²) in [7, 11) is 0. The van der Waals surface area contributed by atoms with Crippen molar-refractivity contribution in [3.8, 4) is 11.5 Å². The summed E-state index contributed by atoms with van der Waals surface area (Å²) >= 11 is 0. The third-order valence-electron chi connectivity index (χ3n) is 3.92. The third-order valence-corrected chi connectivity index (χ3v) is 3.92. The fraction of sp³-hybridized carbons (Fsp3) is 0.533.